The Morgan fingerprint density at radius 3 is 2.79 bits per heavy atom. The third kappa shape index (κ3) is 1.86. The number of nitriles is 1. The van der Waals surface area contributed by atoms with E-state index >= 15 is 0 Å². The molecule has 1 rings (SSSR count). The molecule has 5 heteroatoms. The van der Waals surface area contributed by atoms with Crippen LogP contribution in [0.1, 0.15) is 15.9 Å². The number of phenols is 1. The van der Waals surface area contributed by atoms with Gasteiger partial charge >= 0.3 is 5.97 Å². The monoisotopic (exact) mass is 255 g/mol. The average molecular weight is 256 g/mol. The molecule has 0 saturated heterocycles. The number of hydrogen-bond donors (Lipinski definition) is 1. The molecule has 0 heterocycles. The van der Waals surface area contributed by atoms with Crippen LogP contribution in [-0.2, 0) is 4.74 Å². The van der Waals surface area contributed by atoms with Crippen LogP contribution in [0, 0.1) is 11.3 Å². The minimum atomic E-state index is -0.617. The Morgan fingerprint density at radius 2 is 2.29 bits per heavy atom. The van der Waals surface area contributed by atoms with E-state index in [1.165, 1.54) is 19.2 Å². The van der Waals surface area contributed by atoms with Crippen molar-refractivity contribution in [1.82, 2.24) is 0 Å². The summed E-state index contributed by atoms with van der Waals surface area (Å²) in [7, 11) is 1.22. The summed E-state index contributed by atoms with van der Waals surface area (Å²) in [6.07, 6.45) is 0. The molecule has 1 aromatic rings. The summed E-state index contributed by atoms with van der Waals surface area (Å²) in [6.45, 7) is 0. The molecule has 0 aromatic heterocycles. The average Bonchev–Trinajstić information content (AvgIpc) is 2.15. The number of nitrogens with zero attached hydrogens (tertiary/aromatic N) is 1. The SMILES string of the molecule is COC(=O)c1c(Br)cc(O)cc1C#N. The molecule has 0 unspecified atom stereocenters. The van der Waals surface area contributed by atoms with Gasteiger partial charge in [-0.3, -0.25) is 0 Å². The predicted molar refractivity (Wildman–Crippen MR) is 51.9 cm³/mol. The first-order chi connectivity index (χ1) is 6.60. The molecule has 0 aliphatic carbocycles. The fourth-order valence-corrected chi connectivity index (χ4v) is 1.60. The molecule has 0 atom stereocenters. The van der Waals surface area contributed by atoms with Crippen molar-refractivity contribution in [3.05, 3.63) is 27.7 Å². The standard InChI is InChI=1S/C9H6BrNO3/c1-14-9(13)8-5(4-11)2-6(12)3-7(8)10/h2-3,12H,1H3. The van der Waals surface area contributed by atoms with Crippen LogP contribution in [-0.4, -0.2) is 18.2 Å². The lowest BCUT2D eigenvalue weighted by Crippen LogP contribution is -2.05. The summed E-state index contributed by atoms with van der Waals surface area (Å²) >= 11 is 3.07. The smallest absolute Gasteiger partial charge is 0.340 e. The Labute approximate surface area is 88.9 Å². The normalized spacial score (nSPS) is 9.21. The van der Waals surface area contributed by atoms with Gasteiger partial charge in [-0.2, -0.15) is 5.26 Å². The minimum Gasteiger partial charge on any atom is -0.508 e. The molecule has 1 N–H and O–H groups in total. The summed E-state index contributed by atoms with van der Waals surface area (Å²) in [6, 6.07) is 4.33. The zero-order chi connectivity index (χ0) is 10.7. The van der Waals surface area contributed by atoms with E-state index in [9.17, 15) is 9.90 Å². The van der Waals surface area contributed by atoms with E-state index in [4.69, 9.17) is 5.26 Å². The van der Waals surface area contributed by atoms with Gasteiger partial charge in [0, 0.05) is 4.47 Å². The van der Waals surface area contributed by atoms with Crippen LogP contribution in [0.15, 0.2) is 16.6 Å². The quantitative estimate of drug-likeness (QED) is 0.778. The van der Waals surface area contributed by atoms with Gasteiger partial charge in [0.25, 0.3) is 0 Å². The van der Waals surface area contributed by atoms with Crippen molar-refractivity contribution < 1.29 is 14.6 Å². The number of carbonyl (C=O) groups is 1. The van der Waals surface area contributed by atoms with Gasteiger partial charge in [-0.1, -0.05) is 0 Å². The van der Waals surface area contributed by atoms with Crippen molar-refractivity contribution in [2.24, 2.45) is 0 Å². The second-order valence-electron chi connectivity index (χ2n) is 2.45. The number of hydrogen-bond acceptors (Lipinski definition) is 4. The number of phenolic OH excluding ortho intramolecular Hbond substituents is 1. The van der Waals surface area contributed by atoms with Crippen LogP contribution in [0.2, 0.25) is 0 Å². The van der Waals surface area contributed by atoms with Crippen molar-refractivity contribution in [3.8, 4) is 11.8 Å². The van der Waals surface area contributed by atoms with E-state index in [1.54, 1.807) is 6.07 Å². The Kier molecular flexibility index (Phi) is 3.10. The highest BCUT2D eigenvalue weighted by Crippen LogP contribution is 2.26. The molecule has 0 aliphatic rings. The van der Waals surface area contributed by atoms with Crippen molar-refractivity contribution in [2.75, 3.05) is 7.11 Å². The van der Waals surface area contributed by atoms with Gasteiger partial charge < -0.3 is 9.84 Å². The van der Waals surface area contributed by atoms with Crippen molar-refractivity contribution >= 4 is 21.9 Å². The third-order valence-corrected chi connectivity index (χ3v) is 2.21. The van der Waals surface area contributed by atoms with Gasteiger partial charge in [-0.25, -0.2) is 4.79 Å². The van der Waals surface area contributed by atoms with Crippen molar-refractivity contribution in [1.29, 1.82) is 5.26 Å². The molecule has 0 spiro atoms. The highest BCUT2D eigenvalue weighted by atomic mass is 79.9. The topological polar surface area (TPSA) is 70.3 Å². The van der Waals surface area contributed by atoms with Crippen molar-refractivity contribution in [3.63, 3.8) is 0 Å². The molecule has 0 radical (unpaired) electrons. The van der Waals surface area contributed by atoms with E-state index < -0.39 is 5.97 Å². The number of ether oxygens (including phenoxy) is 1. The maximum absolute atomic E-state index is 11.2. The molecule has 1 aromatic carbocycles. The largest absolute Gasteiger partial charge is 0.508 e. The Balaban J connectivity index is 3.42. The first-order valence-corrected chi connectivity index (χ1v) is 4.40. The second-order valence-corrected chi connectivity index (χ2v) is 3.31. The summed E-state index contributed by atoms with van der Waals surface area (Å²) in [5, 5.41) is 17.9. The number of esters is 1. The zero-order valence-electron chi connectivity index (χ0n) is 7.24. The van der Waals surface area contributed by atoms with E-state index in [0.29, 0.717) is 4.47 Å². The van der Waals surface area contributed by atoms with Crippen LogP contribution < -0.4 is 0 Å². The molecule has 0 amide bonds. The molecule has 4 nitrogen and oxygen atoms in total. The van der Waals surface area contributed by atoms with E-state index in [2.05, 4.69) is 20.7 Å². The van der Waals surface area contributed by atoms with E-state index in [0.717, 1.165) is 0 Å². The lowest BCUT2D eigenvalue weighted by Gasteiger charge is -2.04. The lowest BCUT2D eigenvalue weighted by atomic mass is 10.1. The number of halogens is 1. The molecule has 14 heavy (non-hydrogen) atoms. The minimum absolute atomic E-state index is 0.0729. The second kappa shape index (κ2) is 4.11. The van der Waals surface area contributed by atoms with Gasteiger partial charge in [-0.15, -0.1) is 0 Å². The Bertz CT molecular complexity index is 423. The highest BCUT2D eigenvalue weighted by Gasteiger charge is 2.16. The molecule has 0 bridgehead atoms. The summed E-state index contributed by atoms with van der Waals surface area (Å²) < 4.78 is 4.83. The fourth-order valence-electron chi connectivity index (χ4n) is 0.990. The fraction of sp³-hybridized carbons (Fsp3) is 0.111. The third-order valence-electron chi connectivity index (χ3n) is 1.58. The maximum Gasteiger partial charge on any atom is 0.340 e. The van der Waals surface area contributed by atoms with Crippen LogP contribution in [0.25, 0.3) is 0 Å². The number of methoxy groups -OCH3 is 1. The van der Waals surface area contributed by atoms with Gasteiger partial charge in [0.2, 0.25) is 0 Å². The first-order valence-electron chi connectivity index (χ1n) is 3.61. The Morgan fingerprint density at radius 1 is 1.64 bits per heavy atom. The van der Waals surface area contributed by atoms with Gasteiger partial charge in [0.15, 0.2) is 0 Å². The zero-order valence-corrected chi connectivity index (χ0v) is 8.83. The number of aromatic hydroxyl groups is 1. The number of rotatable bonds is 1. The van der Waals surface area contributed by atoms with E-state index in [1.807, 2.05) is 0 Å². The van der Waals surface area contributed by atoms with Crippen LogP contribution in [0.4, 0.5) is 0 Å². The van der Waals surface area contributed by atoms with E-state index in [-0.39, 0.29) is 16.9 Å². The molecular weight excluding hydrogens is 250 g/mol. The van der Waals surface area contributed by atoms with Gasteiger partial charge in [0.05, 0.1) is 18.2 Å². The van der Waals surface area contributed by atoms with Crippen molar-refractivity contribution in [2.45, 2.75) is 0 Å². The number of benzene rings is 1. The molecule has 0 saturated carbocycles. The van der Waals surface area contributed by atoms with Crippen LogP contribution >= 0.6 is 15.9 Å². The van der Waals surface area contributed by atoms with Crippen LogP contribution in [0.3, 0.4) is 0 Å². The number of carbonyl (C=O) groups excluding carboxylic acids is 1. The Hall–Kier alpha value is -1.54. The predicted octanol–water partition coefficient (Wildman–Crippen LogP) is 1.81. The summed E-state index contributed by atoms with van der Waals surface area (Å²) in [4.78, 5) is 11.2. The van der Waals surface area contributed by atoms with Crippen LogP contribution in [0.5, 0.6) is 5.75 Å². The summed E-state index contributed by atoms with van der Waals surface area (Å²) in [5.41, 5.74) is 0.191. The lowest BCUT2D eigenvalue weighted by molar-refractivity contribution is 0.0599. The first kappa shape index (κ1) is 10.5. The molecule has 72 valence electrons. The summed E-state index contributed by atoms with van der Waals surface area (Å²) in [5.74, 6) is -0.700. The van der Waals surface area contributed by atoms with Gasteiger partial charge in [0.1, 0.15) is 11.8 Å². The molecule has 0 aliphatic heterocycles. The molecule has 0 fully saturated rings. The van der Waals surface area contributed by atoms with Gasteiger partial charge in [-0.05, 0) is 28.1 Å². The highest BCUT2D eigenvalue weighted by molar-refractivity contribution is 9.10. The maximum atomic E-state index is 11.2. The molecular formula is C9H6BrNO3.